The van der Waals surface area contributed by atoms with Crippen molar-refractivity contribution < 1.29 is 22.0 Å². The van der Waals surface area contributed by atoms with E-state index in [-0.39, 0.29) is 29.7 Å². The summed E-state index contributed by atoms with van der Waals surface area (Å²) < 4.78 is 54.0. The summed E-state index contributed by atoms with van der Waals surface area (Å²) in [6.07, 6.45) is 3.51. The summed E-state index contributed by atoms with van der Waals surface area (Å²) in [6, 6.07) is 3.12. The molecule has 0 bridgehead atoms. The summed E-state index contributed by atoms with van der Waals surface area (Å²) in [5.74, 6) is -2.78. The van der Waals surface area contributed by atoms with Gasteiger partial charge in [-0.25, -0.2) is 22.2 Å². The van der Waals surface area contributed by atoms with Crippen molar-refractivity contribution in [2.24, 2.45) is 13.0 Å². The third kappa shape index (κ3) is 3.75. The van der Waals surface area contributed by atoms with Crippen LogP contribution in [0.5, 0.6) is 0 Å². The first-order chi connectivity index (χ1) is 12.3. The van der Waals surface area contributed by atoms with Crippen LogP contribution in [-0.4, -0.2) is 41.3 Å². The van der Waals surface area contributed by atoms with Crippen LogP contribution in [0, 0.1) is 17.6 Å². The molecule has 140 valence electrons. The number of carbonyl (C=O) groups excluding carboxylic acids is 1. The van der Waals surface area contributed by atoms with Gasteiger partial charge in [0, 0.05) is 44.0 Å². The summed E-state index contributed by atoms with van der Waals surface area (Å²) in [6.45, 7) is 0.379. The van der Waals surface area contributed by atoms with E-state index in [9.17, 15) is 22.0 Å². The minimum Gasteiger partial charge on any atom is -0.339 e. The van der Waals surface area contributed by atoms with E-state index in [1.54, 1.807) is 11.6 Å². The number of aryl methyl sites for hydroxylation is 1. The Morgan fingerprint density at radius 1 is 1.23 bits per heavy atom. The lowest BCUT2D eigenvalue weighted by Gasteiger charge is -2.29. The van der Waals surface area contributed by atoms with Crippen LogP contribution in [0.4, 0.5) is 14.5 Å². The maximum Gasteiger partial charge on any atom is 0.262 e. The van der Waals surface area contributed by atoms with Crippen molar-refractivity contribution in [3.8, 4) is 0 Å². The van der Waals surface area contributed by atoms with Crippen LogP contribution in [0.1, 0.15) is 12.8 Å². The predicted octanol–water partition coefficient (Wildman–Crippen LogP) is 1.74. The zero-order valence-electron chi connectivity index (χ0n) is 14.0. The predicted molar refractivity (Wildman–Crippen MR) is 89.7 cm³/mol. The van der Waals surface area contributed by atoms with Gasteiger partial charge < -0.3 is 9.88 Å². The number of benzene rings is 1. The van der Waals surface area contributed by atoms with E-state index in [2.05, 4.69) is 10.3 Å². The number of nitrogens with one attached hydrogen (secondary N) is 1. The molecule has 1 amide bonds. The molecule has 0 radical (unpaired) electrons. The molecule has 1 aromatic carbocycles. The number of anilines is 1. The fourth-order valence-electron chi connectivity index (χ4n) is 2.83. The highest BCUT2D eigenvalue weighted by Crippen LogP contribution is 2.24. The highest BCUT2D eigenvalue weighted by Gasteiger charge is 2.33. The molecule has 10 heteroatoms. The maximum absolute atomic E-state index is 13.2. The van der Waals surface area contributed by atoms with E-state index in [0.29, 0.717) is 12.8 Å². The fraction of sp³-hybridized carbons (Fsp3) is 0.375. The van der Waals surface area contributed by atoms with Crippen LogP contribution in [-0.2, 0) is 21.9 Å². The van der Waals surface area contributed by atoms with Crippen molar-refractivity contribution in [1.82, 2.24) is 13.9 Å². The molecule has 1 fully saturated rings. The Kier molecular flexibility index (Phi) is 5.05. The number of nitrogens with zero attached hydrogens (tertiary/aromatic N) is 3. The number of hydrogen-bond acceptors (Lipinski definition) is 4. The van der Waals surface area contributed by atoms with Gasteiger partial charge >= 0.3 is 0 Å². The number of hydrogen-bond donors (Lipinski definition) is 1. The summed E-state index contributed by atoms with van der Waals surface area (Å²) in [4.78, 5) is 16.2. The first kappa shape index (κ1) is 18.5. The quantitative estimate of drug-likeness (QED) is 0.870. The van der Waals surface area contributed by atoms with Crippen LogP contribution in [0.3, 0.4) is 0 Å². The van der Waals surface area contributed by atoms with Crippen LogP contribution >= 0.6 is 0 Å². The smallest absolute Gasteiger partial charge is 0.262 e. The maximum atomic E-state index is 13.2. The lowest BCUT2D eigenvalue weighted by Crippen LogP contribution is -2.41. The molecule has 0 atom stereocenters. The number of sulfonamides is 1. The van der Waals surface area contributed by atoms with Crippen LogP contribution < -0.4 is 5.32 Å². The molecule has 0 saturated carbocycles. The van der Waals surface area contributed by atoms with Crippen molar-refractivity contribution in [2.45, 2.75) is 17.9 Å². The first-order valence-corrected chi connectivity index (χ1v) is 9.45. The van der Waals surface area contributed by atoms with Gasteiger partial charge in [0.05, 0.1) is 6.33 Å². The minimum atomic E-state index is -3.68. The molecular formula is C16H18F2N4O3S. The second-order valence-electron chi connectivity index (χ2n) is 6.17. The SMILES string of the molecule is Cn1cnc(S(=O)(=O)N2CCC(C(=O)Nc3ccc(F)c(F)c3)CC2)c1. The van der Waals surface area contributed by atoms with Crippen LogP contribution in [0.2, 0.25) is 0 Å². The van der Waals surface area contributed by atoms with Gasteiger partial charge in [-0.05, 0) is 25.0 Å². The summed E-state index contributed by atoms with van der Waals surface area (Å²) in [7, 11) is -2.00. The zero-order valence-corrected chi connectivity index (χ0v) is 14.8. The molecule has 0 spiro atoms. The third-order valence-electron chi connectivity index (χ3n) is 4.30. The number of carbonyl (C=O) groups is 1. The van der Waals surface area contributed by atoms with Gasteiger partial charge in [-0.1, -0.05) is 0 Å². The topological polar surface area (TPSA) is 84.3 Å². The Hall–Kier alpha value is -2.33. The molecule has 2 heterocycles. The van der Waals surface area contributed by atoms with E-state index < -0.39 is 27.6 Å². The summed E-state index contributed by atoms with van der Waals surface area (Å²) in [5.41, 5.74) is 0.164. The molecule has 1 N–H and O–H groups in total. The molecule has 1 aliphatic heterocycles. The monoisotopic (exact) mass is 384 g/mol. The van der Waals surface area contributed by atoms with E-state index in [0.717, 1.165) is 12.1 Å². The standard InChI is InChI=1S/C16H18F2N4O3S/c1-21-9-15(19-10-21)26(24,25)22-6-4-11(5-7-22)16(23)20-12-2-3-13(17)14(18)8-12/h2-3,8-11H,4-7H2,1H3,(H,20,23). The highest BCUT2D eigenvalue weighted by molar-refractivity contribution is 7.89. The van der Waals surface area contributed by atoms with Gasteiger partial charge in [0.15, 0.2) is 16.7 Å². The fourth-order valence-corrected chi connectivity index (χ4v) is 4.27. The highest BCUT2D eigenvalue weighted by atomic mass is 32.2. The summed E-state index contributed by atoms with van der Waals surface area (Å²) in [5, 5.41) is 2.52. The van der Waals surface area contributed by atoms with Gasteiger partial charge in [-0.15, -0.1) is 0 Å². The molecule has 2 aromatic rings. The van der Waals surface area contributed by atoms with E-state index in [1.165, 1.54) is 22.9 Å². The zero-order chi connectivity index (χ0) is 18.9. The molecule has 1 saturated heterocycles. The van der Waals surface area contributed by atoms with Gasteiger partial charge in [0.1, 0.15) is 0 Å². The van der Waals surface area contributed by atoms with Crippen molar-refractivity contribution in [3.63, 3.8) is 0 Å². The Morgan fingerprint density at radius 2 is 1.92 bits per heavy atom. The number of piperidine rings is 1. The molecule has 0 aliphatic carbocycles. The Morgan fingerprint density at radius 3 is 2.50 bits per heavy atom. The minimum absolute atomic E-state index is 0.0234. The van der Waals surface area contributed by atoms with E-state index in [4.69, 9.17) is 0 Å². The van der Waals surface area contributed by atoms with E-state index in [1.807, 2.05) is 0 Å². The number of imidazole rings is 1. The molecule has 3 rings (SSSR count). The lowest BCUT2D eigenvalue weighted by molar-refractivity contribution is -0.120. The number of halogens is 2. The second-order valence-corrected chi connectivity index (χ2v) is 8.06. The molecule has 1 aromatic heterocycles. The van der Waals surface area contributed by atoms with Gasteiger partial charge in [-0.2, -0.15) is 4.31 Å². The summed E-state index contributed by atoms with van der Waals surface area (Å²) >= 11 is 0. The first-order valence-electron chi connectivity index (χ1n) is 8.01. The van der Waals surface area contributed by atoms with Gasteiger partial charge in [0.2, 0.25) is 5.91 Å². The van der Waals surface area contributed by atoms with E-state index >= 15 is 0 Å². The normalized spacial score (nSPS) is 16.6. The van der Waals surface area contributed by atoms with Gasteiger partial charge in [0.25, 0.3) is 10.0 Å². The largest absolute Gasteiger partial charge is 0.339 e. The number of rotatable bonds is 4. The lowest BCUT2D eigenvalue weighted by atomic mass is 9.97. The van der Waals surface area contributed by atoms with Gasteiger partial charge in [-0.3, -0.25) is 4.79 Å². The number of aromatic nitrogens is 2. The average molecular weight is 384 g/mol. The Labute approximate surface area is 149 Å². The third-order valence-corrected chi connectivity index (χ3v) is 6.08. The van der Waals surface area contributed by atoms with Crippen molar-refractivity contribution in [3.05, 3.63) is 42.4 Å². The average Bonchev–Trinajstić information content (AvgIpc) is 3.05. The van der Waals surface area contributed by atoms with Crippen molar-refractivity contribution in [1.29, 1.82) is 0 Å². The van der Waals surface area contributed by atoms with Crippen LogP contribution in [0.15, 0.2) is 35.7 Å². The van der Waals surface area contributed by atoms with Crippen molar-refractivity contribution in [2.75, 3.05) is 18.4 Å². The molecule has 0 unspecified atom stereocenters. The molecule has 26 heavy (non-hydrogen) atoms. The second kappa shape index (κ2) is 7.12. The molecule has 7 nitrogen and oxygen atoms in total. The number of amides is 1. The van der Waals surface area contributed by atoms with Crippen molar-refractivity contribution >= 4 is 21.6 Å². The Bertz CT molecular complexity index is 921. The Balaban J connectivity index is 1.61. The van der Waals surface area contributed by atoms with Crippen LogP contribution in [0.25, 0.3) is 0 Å². The molecule has 1 aliphatic rings. The molecular weight excluding hydrogens is 366 g/mol.